The summed E-state index contributed by atoms with van der Waals surface area (Å²) < 4.78 is 60.3. The third-order valence-electron chi connectivity index (χ3n) is 5.54. The number of carbonyl (C=O) groups is 1. The quantitative estimate of drug-likeness (QED) is 0.644. The second-order valence-electron chi connectivity index (χ2n) is 7.55. The summed E-state index contributed by atoms with van der Waals surface area (Å²) in [4.78, 5) is 12.4. The number of nitrogens with one attached hydrogen (secondary N) is 1. The molecule has 29 heavy (non-hydrogen) atoms. The van der Waals surface area contributed by atoms with Crippen LogP contribution < -0.4 is 4.72 Å². The van der Waals surface area contributed by atoms with E-state index in [1.807, 2.05) is 0 Å². The highest BCUT2D eigenvalue weighted by atomic mass is 32.2. The fourth-order valence-corrected chi connectivity index (χ4v) is 6.89. The van der Waals surface area contributed by atoms with Gasteiger partial charge in [0.1, 0.15) is 5.54 Å². The van der Waals surface area contributed by atoms with Gasteiger partial charge in [-0.15, -0.1) is 0 Å². The highest BCUT2D eigenvalue weighted by Gasteiger charge is 2.45. The summed E-state index contributed by atoms with van der Waals surface area (Å²) in [6.45, 7) is 2.81. The second-order valence-corrected chi connectivity index (χ2v) is 11.2. The maximum atomic E-state index is 12.9. The predicted molar refractivity (Wildman–Crippen MR) is 107 cm³/mol. The lowest BCUT2D eigenvalue weighted by Gasteiger charge is -2.27. The first-order valence-corrected chi connectivity index (χ1v) is 12.9. The lowest BCUT2D eigenvalue weighted by molar-refractivity contribution is -0.150. The lowest BCUT2D eigenvalue weighted by Crippen LogP contribution is -2.53. The highest BCUT2D eigenvalue weighted by molar-refractivity contribution is 7.89. The van der Waals surface area contributed by atoms with E-state index in [1.165, 1.54) is 28.6 Å². The van der Waals surface area contributed by atoms with Gasteiger partial charge in [-0.1, -0.05) is 19.3 Å². The standard InChI is InChI=1S/C19H28N2O6S2/c1-2-27-18(22)19(12-4-5-13-19)20-28(23,24)16-8-10-17(11-9-16)29(25,26)21-14-6-3-7-15-21/h8-11,20H,2-7,12-15H2,1H3. The summed E-state index contributed by atoms with van der Waals surface area (Å²) in [5, 5.41) is 0. The fourth-order valence-electron chi connectivity index (χ4n) is 3.96. The molecule has 2 fully saturated rings. The van der Waals surface area contributed by atoms with Crippen LogP contribution >= 0.6 is 0 Å². The zero-order chi connectivity index (χ0) is 21.1. The van der Waals surface area contributed by atoms with E-state index in [4.69, 9.17) is 4.74 Å². The van der Waals surface area contributed by atoms with Gasteiger partial charge in [0.25, 0.3) is 0 Å². The number of rotatable bonds is 7. The molecule has 8 nitrogen and oxygen atoms in total. The average Bonchev–Trinajstić information content (AvgIpc) is 3.18. The van der Waals surface area contributed by atoms with Crippen molar-refractivity contribution in [1.82, 2.24) is 9.03 Å². The molecule has 0 spiro atoms. The Kier molecular flexibility index (Phi) is 6.67. The van der Waals surface area contributed by atoms with Crippen molar-refractivity contribution < 1.29 is 26.4 Å². The summed E-state index contributed by atoms with van der Waals surface area (Å²) in [5.74, 6) is -0.564. The van der Waals surface area contributed by atoms with E-state index < -0.39 is 31.6 Å². The number of carbonyl (C=O) groups excluding carboxylic acids is 1. The molecule has 1 aromatic rings. The van der Waals surface area contributed by atoms with Gasteiger partial charge in [0, 0.05) is 13.1 Å². The van der Waals surface area contributed by atoms with Gasteiger partial charge in [-0.05, 0) is 56.9 Å². The minimum absolute atomic E-state index is 0.0688. The molecule has 0 atom stereocenters. The number of hydrogen-bond donors (Lipinski definition) is 1. The monoisotopic (exact) mass is 444 g/mol. The van der Waals surface area contributed by atoms with Gasteiger partial charge in [0.2, 0.25) is 20.0 Å². The Hall–Kier alpha value is -1.49. The van der Waals surface area contributed by atoms with E-state index in [1.54, 1.807) is 6.92 Å². The van der Waals surface area contributed by atoms with Crippen LogP contribution in [0.5, 0.6) is 0 Å². The minimum Gasteiger partial charge on any atom is -0.465 e. The van der Waals surface area contributed by atoms with Crippen molar-refractivity contribution in [3.05, 3.63) is 24.3 Å². The SMILES string of the molecule is CCOC(=O)C1(NS(=O)(=O)c2ccc(S(=O)(=O)N3CCCCC3)cc2)CCCC1. The maximum Gasteiger partial charge on any atom is 0.327 e. The van der Waals surface area contributed by atoms with E-state index in [9.17, 15) is 21.6 Å². The number of esters is 1. The molecular formula is C19H28N2O6S2. The first kappa shape index (κ1) is 22.2. The van der Waals surface area contributed by atoms with E-state index in [0.717, 1.165) is 32.1 Å². The number of nitrogens with zero attached hydrogens (tertiary/aromatic N) is 1. The first-order chi connectivity index (χ1) is 13.7. The van der Waals surface area contributed by atoms with Crippen molar-refractivity contribution in [3.8, 4) is 0 Å². The summed E-state index contributed by atoms with van der Waals surface area (Å²) in [5.41, 5.74) is -1.26. The minimum atomic E-state index is -4.01. The second kappa shape index (κ2) is 8.71. The van der Waals surface area contributed by atoms with Crippen LogP contribution in [0.15, 0.2) is 34.1 Å². The van der Waals surface area contributed by atoms with E-state index in [-0.39, 0.29) is 16.4 Å². The Morgan fingerprint density at radius 2 is 1.52 bits per heavy atom. The molecule has 0 unspecified atom stereocenters. The Morgan fingerprint density at radius 3 is 2.07 bits per heavy atom. The molecule has 1 aromatic carbocycles. The van der Waals surface area contributed by atoms with Crippen LogP contribution in [0, 0.1) is 0 Å². The molecule has 1 heterocycles. The topological polar surface area (TPSA) is 110 Å². The van der Waals surface area contributed by atoms with Gasteiger partial charge >= 0.3 is 5.97 Å². The van der Waals surface area contributed by atoms with Gasteiger partial charge in [0.15, 0.2) is 0 Å². The van der Waals surface area contributed by atoms with E-state index >= 15 is 0 Å². The summed E-state index contributed by atoms with van der Waals surface area (Å²) in [6, 6.07) is 5.16. The highest BCUT2D eigenvalue weighted by Crippen LogP contribution is 2.33. The van der Waals surface area contributed by atoms with Crippen LogP contribution in [0.1, 0.15) is 51.9 Å². The van der Waals surface area contributed by atoms with Crippen molar-refractivity contribution in [2.75, 3.05) is 19.7 Å². The Bertz CT molecular complexity index is 929. The van der Waals surface area contributed by atoms with Crippen LogP contribution in [-0.2, 0) is 29.6 Å². The van der Waals surface area contributed by atoms with Crippen LogP contribution in [0.4, 0.5) is 0 Å². The number of piperidine rings is 1. The van der Waals surface area contributed by atoms with Crippen molar-refractivity contribution in [3.63, 3.8) is 0 Å². The van der Waals surface area contributed by atoms with Gasteiger partial charge in [-0.25, -0.2) is 16.8 Å². The van der Waals surface area contributed by atoms with Gasteiger partial charge < -0.3 is 4.74 Å². The lowest BCUT2D eigenvalue weighted by atomic mass is 10.00. The van der Waals surface area contributed by atoms with Crippen LogP contribution in [0.25, 0.3) is 0 Å². The zero-order valence-electron chi connectivity index (χ0n) is 16.6. The number of hydrogen-bond acceptors (Lipinski definition) is 6. The third-order valence-corrected chi connectivity index (χ3v) is 9.00. The molecular weight excluding hydrogens is 416 g/mol. The summed E-state index contributed by atoms with van der Waals surface area (Å²) in [7, 11) is -7.65. The predicted octanol–water partition coefficient (Wildman–Crippen LogP) is 2.02. The molecule has 1 saturated heterocycles. The van der Waals surface area contributed by atoms with Crippen molar-refractivity contribution in [2.45, 2.75) is 67.2 Å². The van der Waals surface area contributed by atoms with Crippen LogP contribution in [0.2, 0.25) is 0 Å². The maximum absolute atomic E-state index is 12.9. The Labute approximate surface area is 172 Å². The van der Waals surface area contributed by atoms with E-state index in [2.05, 4.69) is 4.72 Å². The molecule has 1 saturated carbocycles. The first-order valence-electron chi connectivity index (χ1n) is 10.0. The third kappa shape index (κ3) is 4.65. The van der Waals surface area contributed by atoms with Crippen molar-refractivity contribution in [1.29, 1.82) is 0 Å². The molecule has 2 aliphatic rings. The molecule has 0 amide bonds. The van der Waals surface area contributed by atoms with E-state index in [0.29, 0.717) is 25.9 Å². The average molecular weight is 445 g/mol. The Morgan fingerprint density at radius 1 is 0.966 bits per heavy atom. The van der Waals surface area contributed by atoms with Gasteiger partial charge in [-0.3, -0.25) is 4.79 Å². The summed E-state index contributed by atoms with van der Waals surface area (Å²) >= 11 is 0. The van der Waals surface area contributed by atoms with Gasteiger partial charge in [-0.2, -0.15) is 9.03 Å². The normalized spacial score (nSPS) is 20.4. The van der Waals surface area contributed by atoms with Gasteiger partial charge in [0.05, 0.1) is 16.4 Å². The van der Waals surface area contributed by atoms with Crippen LogP contribution in [0.3, 0.4) is 0 Å². The molecule has 162 valence electrons. The molecule has 0 radical (unpaired) electrons. The molecule has 0 aromatic heterocycles. The molecule has 10 heteroatoms. The summed E-state index contributed by atoms with van der Waals surface area (Å²) in [6.07, 6.45) is 4.88. The molecule has 1 aliphatic carbocycles. The van der Waals surface area contributed by atoms with Crippen molar-refractivity contribution in [2.24, 2.45) is 0 Å². The largest absolute Gasteiger partial charge is 0.465 e. The van der Waals surface area contributed by atoms with Crippen LogP contribution in [-0.4, -0.2) is 52.3 Å². The zero-order valence-corrected chi connectivity index (χ0v) is 18.2. The molecule has 3 rings (SSSR count). The molecule has 1 aliphatic heterocycles. The number of ether oxygens (including phenoxy) is 1. The molecule has 0 bridgehead atoms. The fraction of sp³-hybridized carbons (Fsp3) is 0.632. The number of sulfonamides is 2. The number of benzene rings is 1. The smallest absolute Gasteiger partial charge is 0.327 e. The van der Waals surface area contributed by atoms with Crippen molar-refractivity contribution >= 4 is 26.0 Å². The Balaban J connectivity index is 1.82. The molecule has 1 N–H and O–H groups in total.